The first kappa shape index (κ1) is 9.73. The summed E-state index contributed by atoms with van der Waals surface area (Å²) in [5.41, 5.74) is 0.754. The fourth-order valence-corrected chi connectivity index (χ4v) is 1.33. The molecule has 2 N–H and O–H groups in total. The van der Waals surface area contributed by atoms with Crippen molar-refractivity contribution in [1.29, 1.82) is 0 Å². The number of hydrogen-bond acceptors (Lipinski definition) is 4. The molecular formula is C11H11NO3. The summed E-state index contributed by atoms with van der Waals surface area (Å²) < 4.78 is 5.22. The molecule has 4 heteroatoms. The number of phenolic OH excluding ortho intramolecular Hbond substituents is 1. The molecule has 78 valence electrons. The highest BCUT2D eigenvalue weighted by Crippen LogP contribution is 2.19. The number of aliphatic hydroxyl groups excluding tert-OH is 1. The summed E-state index contributed by atoms with van der Waals surface area (Å²) in [5.74, 6) is 1.14. The van der Waals surface area contributed by atoms with Gasteiger partial charge in [0.05, 0.1) is 12.6 Å². The second-order valence-corrected chi connectivity index (χ2v) is 3.18. The second-order valence-electron chi connectivity index (χ2n) is 3.18. The molecule has 0 saturated heterocycles. The molecule has 0 atom stereocenters. The zero-order valence-electron chi connectivity index (χ0n) is 8.05. The summed E-state index contributed by atoms with van der Waals surface area (Å²) in [4.78, 5) is 3.99. The maximum Gasteiger partial charge on any atom is 0.199 e. The molecule has 0 unspecified atom stereocenters. The van der Waals surface area contributed by atoms with Crippen molar-refractivity contribution in [2.24, 2.45) is 0 Å². The number of para-hydroxylation sites is 1. The zero-order valence-corrected chi connectivity index (χ0v) is 8.05. The average Bonchev–Trinajstić information content (AvgIpc) is 2.69. The Labute approximate surface area is 86.8 Å². The normalized spacial score (nSPS) is 10.5. The van der Waals surface area contributed by atoms with Gasteiger partial charge in [0.2, 0.25) is 0 Å². The first-order valence-corrected chi connectivity index (χ1v) is 4.61. The van der Waals surface area contributed by atoms with Gasteiger partial charge in [-0.25, -0.2) is 4.98 Å². The van der Waals surface area contributed by atoms with E-state index in [0.717, 1.165) is 5.56 Å². The van der Waals surface area contributed by atoms with Crippen LogP contribution in [0.5, 0.6) is 5.75 Å². The lowest BCUT2D eigenvalue weighted by Gasteiger charge is -2.00. The van der Waals surface area contributed by atoms with E-state index in [0.29, 0.717) is 18.1 Å². The van der Waals surface area contributed by atoms with Crippen LogP contribution in [0.2, 0.25) is 0 Å². The van der Waals surface area contributed by atoms with E-state index in [4.69, 9.17) is 9.52 Å². The average molecular weight is 205 g/mol. The topological polar surface area (TPSA) is 66.5 Å². The van der Waals surface area contributed by atoms with Gasteiger partial charge in [0, 0.05) is 5.56 Å². The number of aromatic hydroxyl groups is 1. The van der Waals surface area contributed by atoms with Crippen LogP contribution in [-0.4, -0.2) is 15.2 Å². The summed E-state index contributed by atoms with van der Waals surface area (Å²) in [6.07, 6.45) is 1.90. The van der Waals surface area contributed by atoms with Crippen molar-refractivity contribution < 1.29 is 14.6 Å². The van der Waals surface area contributed by atoms with Gasteiger partial charge < -0.3 is 14.6 Å². The van der Waals surface area contributed by atoms with Gasteiger partial charge in [-0.1, -0.05) is 18.2 Å². The van der Waals surface area contributed by atoms with Gasteiger partial charge in [-0.2, -0.15) is 0 Å². The summed E-state index contributed by atoms with van der Waals surface area (Å²) >= 11 is 0. The largest absolute Gasteiger partial charge is 0.508 e. The molecule has 0 amide bonds. The van der Waals surface area contributed by atoms with Gasteiger partial charge in [-0.15, -0.1) is 0 Å². The van der Waals surface area contributed by atoms with Crippen molar-refractivity contribution in [3.8, 4) is 5.75 Å². The summed E-state index contributed by atoms with van der Waals surface area (Å²) in [7, 11) is 0. The van der Waals surface area contributed by atoms with Crippen LogP contribution in [0.25, 0.3) is 0 Å². The third kappa shape index (κ3) is 2.16. The van der Waals surface area contributed by atoms with E-state index in [9.17, 15) is 5.11 Å². The first-order chi connectivity index (χ1) is 7.29. The van der Waals surface area contributed by atoms with Gasteiger partial charge in [0.25, 0.3) is 0 Å². The van der Waals surface area contributed by atoms with Crippen LogP contribution >= 0.6 is 0 Å². The Morgan fingerprint density at radius 2 is 2.07 bits per heavy atom. The zero-order chi connectivity index (χ0) is 10.7. The van der Waals surface area contributed by atoms with Crippen LogP contribution in [-0.2, 0) is 13.0 Å². The molecule has 0 aliphatic heterocycles. The van der Waals surface area contributed by atoms with Gasteiger partial charge in [0.15, 0.2) is 5.89 Å². The lowest BCUT2D eigenvalue weighted by atomic mass is 10.1. The van der Waals surface area contributed by atoms with E-state index >= 15 is 0 Å². The van der Waals surface area contributed by atoms with E-state index in [1.165, 1.54) is 6.20 Å². The minimum Gasteiger partial charge on any atom is -0.508 e. The lowest BCUT2D eigenvalue weighted by Crippen LogP contribution is -1.88. The van der Waals surface area contributed by atoms with Crippen LogP contribution in [0.15, 0.2) is 34.9 Å². The molecule has 1 aromatic carbocycles. The highest BCUT2D eigenvalue weighted by molar-refractivity contribution is 5.33. The Hall–Kier alpha value is -1.81. The van der Waals surface area contributed by atoms with Crippen molar-refractivity contribution in [1.82, 2.24) is 4.98 Å². The van der Waals surface area contributed by atoms with E-state index < -0.39 is 0 Å². The molecule has 1 heterocycles. The highest BCUT2D eigenvalue weighted by Gasteiger charge is 2.06. The summed E-state index contributed by atoms with van der Waals surface area (Å²) in [6.45, 7) is -0.159. The molecular weight excluding hydrogens is 194 g/mol. The molecule has 2 aromatic rings. The predicted octanol–water partition coefficient (Wildman–Crippen LogP) is 1.46. The number of hydrogen-bond donors (Lipinski definition) is 2. The van der Waals surface area contributed by atoms with E-state index in [1.807, 2.05) is 6.07 Å². The summed E-state index contributed by atoms with van der Waals surface area (Å²) in [5, 5.41) is 18.3. The van der Waals surface area contributed by atoms with Crippen molar-refractivity contribution in [2.75, 3.05) is 0 Å². The van der Waals surface area contributed by atoms with E-state index in [2.05, 4.69) is 4.98 Å². The minimum absolute atomic E-state index is 0.159. The predicted molar refractivity (Wildman–Crippen MR) is 53.3 cm³/mol. The monoisotopic (exact) mass is 205 g/mol. The molecule has 1 aromatic heterocycles. The molecule has 0 aliphatic carbocycles. The molecule has 0 saturated carbocycles. The maximum absolute atomic E-state index is 9.52. The fourth-order valence-electron chi connectivity index (χ4n) is 1.33. The minimum atomic E-state index is -0.159. The van der Waals surface area contributed by atoms with Crippen molar-refractivity contribution >= 4 is 0 Å². The van der Waals surface area contributed by atoms with Crippen LogP contribution in [0.1, 0.15) is 17.2 Å². The Bertz CT molecular complexity index is 451. The molecule has 4 nitrogen and oxygen atoms in total. The molecule has 2 rings (SSSR count). The van der Waals surface area contributed by atoms with Gasteiger partial charge in [0.1, 0.15) is 18.1 Å². The van der Waals surface area contributed by atoms with Crippen molar-refractivity contribution in [3.05, 3.63) is 47.7 Å². The molecule has 0 aliphatic rings. The highest BCUT2D eigenvalue weighted by atomic mass is 16.4. The van der Waals surface area contributed by atoms with Crippen molar-refractivity contribution in [2.45, 2.75) is 13.0 Å². The number of nitrogens with zero attached hydrogens (tertiary/aromatic N) is 1. The third-order valence-corrected chi connectivity index (χ3v) is 2.09. The maximum atomic E-state index is 9.52. The van der Waals surface area contributed by atoms with E-state index in [1.54, 1.807) is 18.2 Å². The first-order valence-electron chi connectivity index (χ1n) is 4.61. The number of aromatic nitrogens is 1. The quantitative estimate of drug-likeness (QED) is 0.796. The second kappa shape index (κ2) is 4.14. The Kier molecular flexibility index (Phi) is 2.69. The molecule has 0 spiro atoms. The Balaban J connectivity index is 2.18. The number of aliphatic hydroxyl groups is 1. The van der Waals surface area contributed by atoms with Crippen LogP contribution in [0.3, 0.4) is 0 Å². The van der Waals surface area contributed by atoms with Crippen LogP contribution < -0.4 is 0 Å². The lowest BCUT2D eigenvalue weighted by molar-refractivity contribution is 0.244. The Morgan fingerprint density at radius 3 is 2.73 bits per heavy atom. The molecule has 0 bridgehead atoms. The van der Waals surface area contributed by atoms with Crippen LogP contribution in [0.4, 0.5) is 0 Å². The van der Waals surface area contributed by atoms with Gasteiger partial charge in [-0.3, -0.25) is 0 Å². The molecule has 15 heavy (non-hydrogen) atoms. The van der Waals surface area contributed by atoms with E-state index in [-0.39, 0.29) is 12.4 Å². The van der Waals surface area contributed by atoms with Crippen LogP contribution in [0, 0.1) is 0 Å². The van der Waals surface area contributed by atoms with Gasteiger partial charge in [-0.05, 0) is 6.07 Å². The fraction of sp³-hybridized carbons (Fsp3) is 0.182. The standard InChI is InChI=1S/C11H11NO3/c13-7-9-6-12-11(15-9)5-8-3-1-2-4-10(8)14/h1-4,6,13-14H,5,7H2. The number of oxazole rings is 1. The Morgan fingerprint density at radius 1 is 1.27 bits per heavy atom. The molecule has 0 radical (unpaired) electrons. The smallest absolute Gasteiger partial charge is 0.199 e. The summed E-state index contributed by atoms with van der Waals surface area (Å²) in [6, 6.07) is 7.02. The SMILES string of the molecule is OCc1cnc(Cc2ccccc2O)o1. The molecule has 0 fully saturated rings. The number of benzene rings is 1. The third-order valence-electron chi connectivity index (χ3n) is 2.09. The van der Waals surface area contributed by atoms with Crippen molar-refractivity contribution in [3.63, 3.8) is 0 Å². The number of rotatable bonds is 3. The van der Waals surface area contributed by atoms with Gasteiger partial charge >= 0.3 is 0 Å². The number of phenols is 1.